The van der Waals surface area contributed by atoms with Crippen LogP contribution in [-0.2, 0) is 4.33 Å². The van der Waals surface area contributed by atoms with E-state index in [-0.39, 0.29) is 5.92 Å². The van der Waals surface area contributed by atoms with E-state index in [1.807, 2.05) is 30.3 Å². The highest BCUT2D eigenvalue weighted by molar-refractivity contribution is 6.48. The van der Waals surface area contributed by atoms with Gasteiger partial charge in [0.1, 0.15) is 4.33 Å². The van der Waals surface area contributed by atoms with Crippen molar-refractivity contribution in [2.24, 2.45) is 5.92 Å². The van der Waals surface area contributed by atoms with Crippen LogP contribution in [0.1, 0.15) is 64.4 Å². The fourth-order valence-electron chi connectivity index (χ4n) is 2.36. The van der Waals surface area contributed by atoms with E-state index in [9.17, 15) is 0 Å². The summed E-state index contributed by atoms with van der Waals surface area (Å²) in [6.45, 7) is 4.40. The van der Waals surface area contributed by atoms with Crippen molar-refractivity contribution in [1.29, 1.82) is 0 Å². The molecule has 0 aromatic heterocycles. The molecule has 0 aliphatic heterocycles. The van der Waals surface area contributed by atoms with Gasteiger partial charge in [0.2, 0.25) is 0 Å². The fraction of sp³-hybridized carbons (Fsp3) is 0.647. The van der Waals surface area contributed by atoms with Crippen LogP contribution in [-0.4, -0.2) is 0 Å². The summed E-state index contributed by atoms with van der Waals surface area (Å²) in [5.41, 5.74) is 1.01. The Bertz CT molecular complexity index is 332. The van der Waals surface area contributed by atoms with E-state index in [0.717, 1.165) is 12.0 Å². The second-order valence-electron chi connectivity index (χ2n) is 5.45. The summed E-state index contributed by atoms with van der Waals surface area (Å²) < 4.78 is -0.759. The molecule has 0 aliphatic carbocycles. The summed E-state index contributed by atoms with van der Waals surface area (Å²) in [7, 11) is 0. The average Bonchev–Trinajstić information content (AvgIpc) is 2.43. The predicted molar refractivity (Wildman–Crippen MR) is 87.0 cm³/mol. The van der Waals surface area contributed by atoms with Crippen molar-refractivity contribution >= 4 is 23.2 Å². The molecule has 0 bridgehead atoms. The van der Waals surface area contributed by atoms with Crippen LogP contribution in [0.25, 0.3) is 0 Å². The Morgan fingerprint density at radius 1 is 0.947 bits per heavy atom. The van der Waals surface area contributed by atoms with Crippen LogP contribution in [0.4, 0.5) is 0 Å². The number of hydrogen-bond donors (Lipinski definition) is 0. The second kappa shape index (κ2) is 8.87. The van der Waals surface area contributed by atoms with Gasteiger partial charge in [-0.3, -0.25) is 0 Å². The molecule has 0 saturated carbocycles. The zero-order valence-electron chi connectivity index (χ0n) is 12.2. The van der Waals surface area contributed by atoms with Crippen LogP contribution in [0, 0.1) is 5.92 Å². The van der Waals surface area contributed by atoms with Gasteiger partial charge in [0.05, 0.1) is 0 Å². The lowest BCUT2D eigenvalue weighted by Crippen LogP contribution is -2.20. The van der Waals surface area contributed by atoms with Crippen molar-refractivity contribution in [1.82, 2.24) is 0 Å². The molecule has 0 aliphatic rings. The summed E-state index contributed by atoms with van der Waals surface area (Å²) in [5.74, 6) is 0.282. The van der Waals surface area contributed by atoms with E-state index in [4.69, 9.17) is 23.2 Å². The van der Waals surface area contributed by atoms with Crippen molar-refractivity contribution in [2.75, 3.05) is 0 Å². The third kappa shape index (κ3) is 5.75. The molecule has 0 radical (unpaired) electrons. The van der Waals surface area contributed by atoms with Gasteiger partial charge in [-0.25, -0.2) is 0 Å². The summed E-state index contributed by atoms with van der Waals surface area (Å²) >= 11 is 13.1. The Labute approximate surface area is 128 Å². The molecule has 19 heavy (non-hydrogen) atoms. The molecule has 0 nitrogen and oxygen atoms in total. The Balaban J connectivity index is 2.34. The van der Waals surface area contributed by atoms with E-state index in [2.05, 4.69) is 13.8 Å². The largest absolute Gasteiger partial charge is 0.145 e. The van der Waals surface area contributed by atoms with Gasteiger partial charge in [0, 0.05) is 0 Å². The maximum Gasteiger partial charge on any atom is 0.145 e. The third-order valence-electron chi connectivity index (χ3n) is 3.77. The molecule has 2 heteroatoms. The van der Waals surface area contributed by atoms with Crippen LogP contribution in [0.3, 0.4) is 0 Å². The van der Waals surface area contributed by atoms with E-state index < -0.39 is 4.33 Å². The fourth-order valence-corrected chi connectivity index (χ4v) is 2.83. The highest BCUT2D eigenvalue weighted by atomic mass is 35.5. The lowest BCUT2D eigenvalue weighted by atomic mass is 9.94. The first-order valence-corrected chi connectivity index (χ1v) is 8.28. The Kier molecular flexibility index (Phi) is 7.87. The SMILES string of the molecule is CCCCCCCCC(C)C(Cl)(Cl)c1ccccc1. The molecule has 0 heterocycles. The highest BCUT2D eigenvalue weighted by Gasteiger charge is 2.32. The lowest BCUT2D eigenvalue weighted by Gasteiger charge is -2.27. The topological polar surface area (TPSA) is 0 Å². The van der Waals surface area contributed by atoms with Crippen LogP contribution < -0.4 is 0 Å². The van der Waals surface area contributed by atoms with Crippen LogP contribution in [0.15, 0.2) is 30.3 Å². The minimum Gasteiger partial charge on any atom is -0.0960 e. The third-order valence-corrected chi connectivity index (χ3v) is 4.95. The number of benzene rings is 1. The molecule has 0 saturated heterocycles. The summed E-state index contributed by atoms with van der Waals surface area (Å²) in [6.07, 6.45) is 8.96. The van der Waals surface area contributed by atoms with Crippen molar-refractivity contribution in [3.05, 3.63) is 35.9 Å². The molecule has 1 atom stereocenters. The maximum atomic E-state index is 6.54. The molecule has 108 valence electrons. The zero-order chi connectivity index (χ0) is 14.1. The lowest BCUT2D eigenvalue weighted by molar-refractivity contribution is 0.444. The first kappa shape index (κ1) is 16.9. The van der Waals surface area contributed by atoms with Gasteiger partial charge in [0.15, 0.2) is 0 Å². The standard InChI is InChI=1S/C17H26Cl2/c1-3-4-5-6-7-9-12-15(2)17(18,19)16-13-10-8-11-14-16/h8,10-11,13-15H,3-7,9,12H2,1-2H3. The van der Waals surface area contributed by atoms with Gasteiger partial charge in [-0.05, 0) is 17.9 Å². The zero-order valence-corrected chi connectivity index (χ0v) is 13.7. The number of halogens is 2. The smallest absolute Gasteiger partial charge is 0.0960 e. The first-order valence-electron chi connectivity index (χ1n) is 7.52. The molecule has 0 N–H and O–H groups in total. The molecule has 0 spiro atoms. The molecule has 1 unspecified atom stereocenters. The van der Waals surface area contributed by atoms with E-state index in [1.54, 1.807) is 0 Å². The molecule has 0 amide bonds. The van der Waals surface area contributed by atoms with E-state index in [1.165, 1.54) is 38.5 Å². The quantitative estimate of drug-likeness (QED) is 0.351. The van der Waals surface area contributed by atoms with Gasteiger partial charge in [0.25, 0.3) is 0 Å². The van der Waals surface area contributed by atoms with Crippen LogP contribution in [0.5, 0.6) is 0 Å². The van der Waals surface area contributed by atoms with Crippen molar-refractivity contribution in [3.63, 3.8) is 0 Å². The Morgan fingerprint density at radius 3 is 2.16 bits per heavy atom. The van der Waals surface area contributed by atoms with Gasteiger partial charge >= 0.3 is 0 Å². The van der Waals surface area contributed by atoms with E-state index >= 15 is 0 Å². The number of alkyl halides is 2. The second-order valence-corrected chi connectivity index (χ2v) is 6.83. The monoisotopic (exact) mass is 300 g/mol. The normalized spacial score (nSPS) is 13.5. The van der Waals surface area contributed by atoms with Crippen molar-refractivity contribution in [3.8, 4) is 0 Å². The first-order chi connectivity index (χ1) is 9.09. The average molecular weight is 301 g/mol. The Morgan fingerprint density at radius 2 is 1.53 bits per heavy atom. The number of unbranched alkanes of at least 4 members (excludes halogenated alkanes) is 5. The van der Waals surface area contributed by atoms with Gasteiger partial charge in [-0.2, -0.15) is 0 Å². The summed E-state index contributed by atoms with van der Waals surface area (Å²) in [4.78, 5) is 0. The highest BCUT2D eigenvalue weighted by Crippen LogP contribution is 2.43. The minimum atomic E-state index is -0.759. The maximum absolute atomic E-state index is 6.54. The van der Waals surface area contributed by atoms with Crippen LogP contribution in [0.2, 0.25) is 0 Å². The van der Waals surface area contributed by atoms with E-state index in [0.29, 0.717) is 0 Å². The van der Waals surface area contributed by atoms with Gasteiger partial charge in [-0.15, -0.1) is 0 Å². The van der Waals surface area contributed by atoms with Gasteiger partial charge in [-0.1, -0.05) is 106 Å². The van der Waals surface area contributed by atoms with Crippen molar-refractivity contribution < 1.29 is 0 Å². The molecule has 1 aromatic carbocycles. The summed E-state index contributed by atoms with van der Waals surface area (Å²) in [5, 5.41) is 0. The molecular weight excluding hydrogens is 275 g/mol. The molecule has 0 fully saturated rings. The predicted octanol–water partition coefficient (Wildman–Crippen LogP) is 6.70. The summed E-state index contributed by atoms with van der Waals surface area (Å²) in [6, 6.07) is 10.00. The Hall–Kier alpha value is -0.200. The van der Waals surface area contributed by atoms with Gasteiger partial charge < -0.3 is 0 Å². The molecular formula is C17H26Cl2. The minimum absolute atomic E-state index is 0.282. The molecule has 1 aromatic rings. The molecule has 1 rings (SSSR count). The van der Waals surface area contributed by atoms with Crippen LogP contribution >= 0.6 is 23.2 Å². The number of rotatable bonds is 9. The van der Waals surface area contributed by atoms with Crippen molar-refractivity contribution in [2.45, 2.75) is 63.1 Å². The number of hydrogen-bond acceptors (Lipinski definition) is 0.